The van der Waals surface area contributed by atoms with Gasteiger partial charge in [0.1, 0.15) is 11.3 Å². The maximum absolute atomic E-state index is 13.1. The van der Waals surface area contributed by atoms with Crippen molar-refractivity contribution in [2.45, 2.75) is 25.2 Å². The molecule has 0 atom stereocenters. The number of carbonyl (C=O) groups excluding carboxylic acids is 1. The minimum absolute atomic E-state index is 0.0348. The Hall–Kier alpha value is -2.66. The van der Waals surface area contributed by atoms with E-state index in [1.807, 2.05) is 36.1 Å². The number of H-pyrrole nitrogens is 1. The van der Waals surface area contributed by atoms with Crippen molar-refractivity contribution in [1.29, 1.82) is 0 Å². The summed E-state index contributed by atoms with van der Waals surface area (Å²) in [5, 5.41) is 0. The molecule has 1 aliphatic rings. The highest BCUT2D eigenvalue weighted by atomic mass is 16.2. The lowest BCUT2D eigenvalue weighted by Crippen LogP contribution is -2.48. The maximum Gasteiger partial charge on any atom is 0.256 e. The van der Waals surface area contributed by atoms with E-state index in [0.29, 0.717) is 25.2 Å². The van der Waals surface area contributed by atoms with Gasteiger partial charge in [0.2, 0.25) is 0 Å². The summed E-state index contributed by atoms with van der Waals surface area (Å²) in [5.74, 6) is 0.880. The zero-order valence-electron chi connectivity index (χ0n) is 15.0. The van der Waals surface area contributed by atoms with Crippen LogP contribution in [0.5, 0.6) is 0 Å². The molecule has 2 heterocycles. The molecule has 134 valence electrons. The molecule has 2 aromatic carbocycles. The van der Waals surface area contributed by atoms with Gasteiger partial charge in [-0.3, -0.25) is 4.79 Å². The third-order valence-electron chi connectivity index (χ3n) is 5.65. The van der Waals surface area contributed by atoms with Crippen molar-refractivity contribution in [1.82, 2.24) is 14.9 Å². The average molecular weight is 348 g/mol. The zero-order chi connectivity index (χ0) is 18.1. The van der Waals surface area contributed by atoms with Gasteiger partial charge in [-0.2, -0.15) is 0 Å². The van der Waals surface area contributed by atoms with Crippen LogP contribution in [0.1, 0.15) is 34.6 Å². The third kappa shape index (κ3) is 2.78. The first kappa shape index (κ1) is 16.8. The molecule has 5 heteroatoms. The van der Waals surface area contributed by atoms with Crippen LogP contribution >= 0.6 is 0 Å². The molecule has 0 aliphatic carbocycles. The monoisotopic (exact) mass is 348 g/mol. The predicted octanol–water partition coefficient (Wildman–Crippen LogP) is 3.00. The van der Waals surface area contributed by atoms with Crippen LogP contribution < -0.4 is 5.73 Å². The number of nitrogens with one attached hydrogen (secondary N) is 1. The van der Waals surface area contributed by atoms with Crippen LogP contribution in [-0.4, -0.2) is 40.4 Å². The molecule has 3 aromatic rings. The molecular formula is C21H24N4O. The number of hydrogen-bond donors (Lipinski definition) is 2. The Bertz CT molecular complexity index is 924. The SMILES string of the molecule is Cc1nc2c(C(=O)N3CCC(CN)(c4ccccc4)CC3)cccc2[nH]1. The number of aromatic nitrogens is 2. The van der Waals surface area contributed by atoms with Gasteiger partial charge >= 0.3 is 0 Å². The second-order valence-corrected chi connectivity index (χ2v) is 7.17. The summed E-state index contributed by atoms with van der Waals surface area (Å²) in [6.07, 6.45) is 1.77. The number of aryl methyl sites for hydroxylation is 1. The Morgan fingerprint density at radius 1 is 1.15 bits per heavy atom. The number of benzene rings is 2. The van der Waals surface area contributed by atoms with Crippen molar-refractivity contribution in [2.24, 2.45) is 5.73 Å². The molecule has 3 N–H and O–H groups in total. The smallest absolute Gasteiger partial charge is 0.256 e. The van der Waals surface area contributed by atoms with Gasteiger partial charge < -0.3 is 15.6 Å². The van der Waals surface area contributed by atoms with Crippen LogP contribution in [-0.2, 0) is 5.41 Å². The van der Waals surface area contributed by atoms with E-state index >= 15 is 0 Å². The van der Waals surface area contributed by atoms with Gasteiger partial charge in [0.25, 0.3) is 5.91 Å². The quantitative estimate of drug-likeness (QED) is 0.764. The fourth-order valence-corrected chi connectivity index (χ4v) is 4.04. The van der Waals surface area contributed by atoms with Gasteiger partial charge in [-0.15, -0.1) is 0 Å². The highest BCUT2D eigenvalue weighted by molar-refractivity contribution is 6.04. The number of nitrogens with two attached hydrogens (primary N) is 1. The van der Waals surface area contributed by atoms with Crippen LogP contribution in [0.15, 0.2) is 48.5 Å². The normalized spacial score (nSPS) is 16.8. The summed E-state index contributed by atoms with van der Waals surface area (Å²) in [6, 6.07) is 16.2. The number of likely N-dealkylation sites (tertiary alicyclic amines) is 1. The second kappa shape index (κ2) is 6.57. The van der Waals surface area contributed by atoms with E-state index in [2.05, 4.69) is 34.2 Å². The predicted molar refractivity (Wildman–Crippen MR) is 103 cm³/mol. The minimum Gasteiger partial charge on any atom is -0.342 e. The molecule has 1 amide bonds. The van der Waals surface area contributed by atoms with Gasteiger partial charge in [-0.1, -0.05) is 36.4 Å². The Labute approximate surface area is 153 Å². The van der Waals surface area contributed by atoms with Gasteiger partial charge in [0.15, 0.2) is 0 Å². The first-order valence-electron chi connectivity index (χ1n) is 9.13. The number of amides is 1. The number of hydrogen-bond acceptors (Lipinski definition) is 3. The lowest BCUT2D eigenvalue weighted by atomic mass is 9.73. The maximum atomic E-state index is 13.1. The molecule has 0 saturated carbocycles. The molecule has 1 fully saturated rings. The minimum atomic E-state index is -0.0348. The number of rotatable bonds is 3. The van der Waals surface area contributed by atoms with Crippen LogP contribution in [0.25, 0.3) is 11.0 Å². The molecule has 5 nitrogen and oxygen atoms in total. The summed E-state index contributed by atoms with van der Waals surface area (Å²) in [4.78, 5) is 22.7. The van der Waals surface area contributed by atoms with Crippen LogP contribution in [0, 0.1) is 6.92 Å². The summed E-state index contributed by atoms with van der Waals surface area (Å²) >= 11 is 0. The Morgan fingerprint density at radius 3 is 2.58 bits per heavy atom. The lowest BCUT2D eigenvalue weighted by molar-refractivity contribution is 0.0671. The molecule has 26 heavy (non-hydrogen) atoms. The molecule has 0 spiro atoms. The number of piperidine rings is 1. The first-order chi connectivity index (χ1) is 12.6. The number of fused-ring (bicyclic) bond motifs is 1. The Balaban J connectivity index is 1.56. The van der Waals surface area contributed by atoms with Crippen LogP contribution in [0.4, 0.5) is 0 Å². The molecule has 4 rings (SSSR count). The highest BCUT2D eigenvalue weighted by Crippen LogP contribution is 2.35. The van der Waals surface area contributed by atoms with Gasteiger partial charge in [-0.05, 0) is 37.5 Å². The molecular weight excluding hydrogens is 324 g/mol. The van der Waals surface area contributed by atoms with E-state index in [9.17, 15) is 4.79 Å². The lowest BCUT2D eigenvalue weighted by Gasteiger charge is -2.41. The molecule has 1 aromatic heterocycles. The summed E-state index contributed by atoms with van der Waals surface area (Å²) in [5.41, 5.74) is 9.74. The number of para-hydroxylation sites is 1. The number of aromatic amines is 1. The van der Waals surface area contributed by atoms with E-state index < -0.39 is 0 Å². The van der Waals surface area contributed by atoms with Crippen molar-refractivity contribution < 1.29 is 4.79 Å². The van der Waals surface area contributed by atoms with Crippen molar-refractivity contribution in [3.05, 3.63) is 65.5 Å². The number of imidazole rings is 1. The van der Waals surface area contributed by atoms with Crippen LogP contribution in [0.3, 0.4) is 0 Å². The van der Waals surface area contributed by atoms with E-state index in [1.165, 1.54) is 5.56 Å². The summed E-state index contributed by atoms with van der Waals surface area (Å²) in [7, 11) is 0. The highest BCUT2D eigenvalue weighted by Gasteiger charge is 2.36. The first-order valence-corrected chi connectivity index (χ1v) is 9.13. The Kier molecular flexibility index (Phi) is 4.24. The van der Waals surface area contributed by atoms with E-state index in [1.54, 1.807) is 0 Å². The van der Waals surface area contributed by atoms with E-state index in [-0.39, 0.29) is 11.3 Å². The largest absolute Gasteiger partial charge is 0.342 e. The van der Waals surface area contributed by atoms with Crippen LogP contribution in [0.2, 0.25) is 0 Å². The van der Waals surface area contributed by atoms with E-state index in [4.69, 9.17) is 5.73 Å². The molecule has 0 unspecified atom stereocenters. The van der Waals surface area contributed by atoms with Gasteiger partial charge in [0, 0.05) is 25.0 Å². The fraction of sp³-hybridized carbons (Fsp3) is 0.333. The standard InChI is InChI=1S/C21H24N4O/c1-15-23-18-9-5-8-17(19(18)24-15)20(26)25-12-10-21(14-22,11-13-25)16-6-3-2-4-7-16/h2-9H,10-14,22H2,1H3,(H,23,24). The van der Waals surface area contributed by atoms with Gasteiger partial charge in [-0.25, -0.2) is 4.98 Å². The molecule has 1 saturated heterocycles. The van der Waals surface area contributed by atoms with Crippen molar-refractivity contribution in [3.63, 3.8) is 0 Å². The topological polar surface area (TPSA) is 75.0 Å². The van der Waals surface area contributed by atoms with E-state index in [0.717, 1.165) is 29.7 Å². The summed E-state index contributed by atoms with van der Waals surface area (Å²) < 4.78 is 0. The fourth-order valence-electron chi connectivity index (χ4n) is 4.04. The van der Waals surface area contributed by atoms with Crippen molar-refractivity contribution >= 4 is 16.9 Å². The Morgan fingerprint density at radius 2 is 1.88 bits per heavy atom. The molecule has 0 bridgehead atoms. The molecule has 0 radical (unpaired) electrons. The zero-order valence-corrected chi connectivity index (χ0v) is 15.0. The molecule has 1 aliphatic heterocycles. The van der Waals surface area contributed by atoms with Crippen molar-refractivity contribution in [3.8, 4) is 0 Å². The third-order valence-corrected chi connectivity index (χ3v) is 5.65. The van der Waals surface area contributed by atoms with Gasteiger partial charge in [0.05, 0.1) is 11.1 Å². The number of carbonyl (C=O) groups is 1. The second-order valence-electron chi connectivity index (χ2n) is 7.17. The van der Waals surface area contributed by atoms with Crippen molar-refractivity contribution in [2.75, 3.05) is 19.6 Å². The number of nitrogens with zero attached hydrogens (tertiary/aromatic N) is 2. The summed E-state index contributed by atoms with van der Waals surface area (Å²) in [6.45, 7) is 3.94. The average Bonchev–Trinajstić information content (AvgIpc) is 3.08.